The van der Waals surface area contributed by atoms with Gasteiger partial charge in [0, 0.05) is 28.6 Å². The number of fused-ring (bicyclic) bond motifs is 3. The van der Waals surface area contributed by atoms with Crippen molar-refractivity contribution in [2.45, 2.75) is 45.8 Å². The van der Waals surface area contributed by atoms with Crippen molar-refractivity contribution in [3.63, 3.8) is 0 Å². The molecular formula is C19H21NO2S. The number of benzene rings is 1. The van der Waals surface area contributed by atoms with Crippen molar-refractivity contribution in [2.24, 2.45) is 0 Å². The Morgan fingerprint density at radius 1 is 1.35 bits per heavy atom. The molecule has 1 atom stereocenters. The predicted molar refractivity (Wildman–Crippen MR) is 93.2 cm³/mol. The van der Waals surface area contributed by atoms with Crippen molar-refractivity contribution in [3.05, 3.63) is 40.3 Å². The smallest absolute Gasteiger partial charge is 0.264 e. The van der Waals surface area contributed by atoms with Crippen LogP contribution in [0.15, 0.2) is 24.3 Å². The minimum atomic E-state index is 0.187. The van der Waals surface area contributed by atoms with E-state index < -0.39 is 0 Å². The number of carbonyl (C=O) groups is 1. The van der Waals surface area contributed by atoms with E-state index in [-0.39, 0.29) is 5.91 Å². The van der Waals surface area contributed by atoms with Gasteiger partial charge in [-0.1, -0.05) is 12.1 Å². The molecule has 2 aromatic rings. The average Bonchev–Trinajstić information content (AvgIpc) is 2.99. The number of amides is 1. The molecule has 120 valence electrons. The lowest BCUT2D eigenvalue weighted by molar-refractivity contribution is 0.0640. The quantitative estimate of drug-likeness (QED) is 0.764. The third-order valence-electron chi connectivity index (χ3n) is 4.93. The molecule has 0 aliphatic carbocycles. The number of piperidine rings is 1. The Morgan fingerprint density at radius 2 is 2.22 bits per heavy atom. The Bertz CT molecular complexity index is 765. The number of thiophene rings is 1. The van der Waals surface area contributed by atoms with E-state index in [1.165, 1.54) is 16.9 Å². The maximum absolute atomic E-state index is 12.9. The molecule has 4 heteroatoms. The summed E-state index contributed by atoms with van der Waals surface area (Å²) in [6, 6.07) is 8.53. The zero-order valence-corrected chi connectivity index (χ0v) is 14.4. The van der Waals surface area contributed by atoms with E-state index >= 15 is 0 Å². The van der Waals surface area contributed by atoms with E-state index in [4.69, 9.17) is 4.74 Å². The SMILES string of the molecule is Cc1cccc2c1-c1sc(C(=O)N3CCCC[C@@H]3C)cc1CO2. The van der Waals surface area contributed by atoms with Gasteiger partial charge in [0.05, 0.1) is 4.88 Å². The van der Waals surface area contributed by atoms with E-state index in [9.17, 15) is 4.79 Å². The van der Waals surface area contributed by atoms with Crippen LogP contribution in [0.5, 0.6) is 5.75 Å². The van der Waals surface area contributed by atoms with E-state index in [2.05, 4.69) is 19.9 Å². The number of aryl methyl sites for hydroxylation is 1. The lowest BCUT2D eigenvalue weighted by atomic mass is 10.0. The maximum Gasteiger partial charge on any atom is 0.264 e. The summed E-state index contributed by atoms with van der Waals surface area (Å²) in [6.07, 6.45) is 3.46. The molecule has 0 saturated carbocycles. The maximum atomic E-state index is 12.9. The molecule has 1 amide bonds. The zero-order valence-electron chi connectivity index (χ0n) is 13.6. The van der Waals surface area contributed by atoms with Crippen molar-refractivity contribution in [2.75, 3.05) is 6.54 Å². The molecule has 0 spiro atoms. The molecule has 23 heavy (non-hydrogen) atoms. The Morgan fingerprint density at radius 3 is 3.04 bits per heavy atom. The topological polar surface area (TPSA) is 29.5 Å². The summed E-state index contributed by atoms with van der Waals surface area (Å²) in [7, 11) is 0. The lowest BCUT2D eigenvalue weighted by Gasteiger charge is -2.33. The van der Waals surface area contributed by atoms with Crippen molar-refractivity contribution in [1.29, 1.82) is 0 Å². The van der Waals surface area contributed by atoms with Crippen LogP contribution in [0.4, 0.5) is 0 Å². The molecule has 3 nitrogen and oxygen atoms in total. The summed E-state index contributed by atoms with van der Waals surface area (Å²) in [4.78, 5) is 17.0. The van der Waals surface area contributed by atoms with Crippen LogP contribution in [-0.4, -0.2) is 23.4 Å². The summed E-state index contributed by atoms with van der Waals surface area (Å²) in [5, 5.41) is 0. The number of nitrogens with zero attached hydrogens (tertiary/aromatic N) is 1. The number of ether oxygens (including phenoxy) is 1. The second-order valence-corrected chi connectivity index (χ2v) is 7.60. The first-order valence-electron chi connectivity index (χ1n) is 8.31. The highest BCUT2D eigenvalue weighted by Gasteiger charge is 2.28. The van der Waals surface area contributed by atoms with Gasteiger partial charge < -0.3 is 9.64 Å². The molecule has 2 aliphatic rings. The van der Waals surface area contributed by atoms with Gasteiger partial charge in [-0.3, -0.25) is 4.79 Å². The number of hydrogen-bond acceptors (Lipinski definition) is 3. The highest BCUT2D eigenvalue weighted by molar-refractivity contribution is 7.17. The van der Waals surface area contributed by atoms with Gasteiger partial charge in [-0.05, 0) is 50.8 Å². The number of rotatable bonds is 1. The minimum Gasteiger partial charge on any atom is -0.488 e. The molecule has 0 bridgehead atoms. The molecule has 1 aromatic heterocycles. The van der Waals surface area contributed by atoms with Crippen LogP contribution in [0.25, 0.3) is 10.4 Å². The summed E-state index contributed by atoms with van der Waals surface area (Å²) in [5.74, 6) is 1.12. The molecule has 1 aromatic carbocycles. The largest absolute Gasteiger partial charge is 0.488 e. The highest BCUT2D eigenvalue weighted by Crippen LogP contribution is 2.44. The number of hydrogen-bond donors (Lipinski definition) is 0. The minimum absolute atomic E-state index is 0.187. The Hall–Kier alpha value is -1.81. The first-order chi connectivity index (χ1) is 11.1. The van der Waals surface area contributed by atoms with Gasteiger partial charge in [0.25, 0.3) is 5.91 Å². The fourth-order valence-electron chi connectivity index (χ4n) is 3.60. The Labute approximate surface area is 140 Å². The number of likely N-dealkylation sites (tertiary alicyclic amines) is 1. The third kappa shape index (κ3) is 2.45. The van der Waals surface area contributed by atoms with E-state index in [1.54, 1.807) is 11.3 Å². The van der Waals surface area contributed by atoms with Crippen LogP contribution in [-0.2, 0) is 6.61 Å². The van der Waals surface area contributed by atoms with Crippen LogP contribution in [0, 0.1) is 6.92 Å². The Balaban J connectivity index is 1.72. The van der Waals surface area contributed by atoms with Crippen LogP contribution in [0.1, 0.15) is 47.0 Å². The molecule has 2 aliphatic heterocycles. The number of carbonyl (C=O) groups excluding carboxylic acids is 1. The van der Waals surface area contributed by atoms with Crippen LogP contribution < -0.4 is 4.74 Å². The van der Waals surface area contributed by atoms with Crippen molar-refractivity contribution < 1.29 is 9.53 Å². The molecule has 1 saturated heterocycles. The van der Waals surface area contributed by atoms with Crippen molar-refractivity contribution >= 4 is 17.2 Å². The molecule has 4 rings (SSSR count). The summed E-state index contributed by atoms with van der Waals surface area (Å²) < 4.78 is 5.87. The predicted octanol–water partition coefficient (Wildman–Crippen LogP) is 4.63. The van der Waals surface area contributed by atoms with Crippen LogP contribution in [0.2, 0.25) is 0 Å². The molecule has 0 N–H and O–H groups in total. The second kappa shape index (κ2) is 5.68. The van der Waals surface area contributed by atoms with E-state index in [0.29, 0.717) is 12.6 Å². The van der Waals surface area contributed by atoms with Gasteiger partial charge in [0.2, 0.25) is 0 Å². The zero-order chi connectivity index (χ0) is 16.0. The summed E-state index contributed by atoms with van der Waals surface area (Å²) in [6.45, 7) is 5.71. The highest BCUT2D eigenvalue weighted by atomic mass is 32.1. The normalized spacial score (nSPS) is 19.7. The van der Waals surface area contributed by atoms with Crippen LogP contribution in [0.3, 0.4) is 0 Å². The monoisotopic (exact) mass is 327 g/mol. The standard InChI is InChI=1S/C19H21NO2S/c1-12-6-5-8-15-17(12)18-14(11-22-15)10-16(23-18)19(21)20-9-4-3-7-13(20)2/h5-6,8,10,13H,3-4,7,9,11H2,1-2H3/t13-/m0/s1. The van der Waals surface area contributed by atoms with Crippen LogP contribution >= 0.6 is 11.3 Å². The molecule has 3 heterocycles. The lowest BCUT2D eigenvalue weighted by Crippen LogP contribution is -2.41. The molecule has 0 unspecified atom stereocenters. The third-order valence-corrected chi connectivity index (χ3v) is 6.11. The first-order valence-corrected chi connectivity index (χ1v) is 9.13. The fourth-order valence-corrected chi connectivity index (χ4v) is 4.84. The van der Waals surface area contributed by atoms with Crippen molar-refractivity contribution in [3.8, 4) is 16.2 Å². The second-order valence-electron chi connectivity index (χ2n) is 6.55. The molecule has 1 fully saturated rings. The van der Waals surface area contributed by atoms with E-state index in [0.717, 1.165) is 41.1 Å². The first kappa shape index (κ1) is 14.8. The fraction of sp³-hybridized carbons (Fsp3) is 0.421. The van der Waals surface area contributed by atoms with Gasteiger partial charge in [-0.25, -0.2) is 0 Å². The summed E-state index contributed by atoms with van der Waals surface area (Å²) in [5.41, 5.74) is 3.50. The molecule has 0 radical (unpaired) electrons. The Kier molecular flexibility index (Phi) is 3.64. The van der Waals surface area contributed by atoms with Gasteiger partial charge >= 0.3 is 0 Å². The van der Waals surface area contributed by atoms with Gasteiger partial charge in [0.15, 0.2) is 0 Å². The average molecular weight is 327 g/mol. The molecular weight excluding hydrogens is 306 g/mol. The summed E-state index contributed by atoms with van der Waals surface area (Å²) >= 11 is 1.62. The van der Waals surface area contributed by atoms with Crippen molar-refractivity contribution in [1.82, 2.24) is 4.90 Å². The van der Waals surface area contributed by atoms with Gasteiger partial charge in [-0.2, -0.15) is 0 Å². The van der Waals surface area contributed by atoms with Gasteiger partial charge in [-0.15, -0.1) is 11.3 Å². The van der Waals surface area contributed by atoms with E-state index in [1.807, 2.05) is 23.1 Å². The van der Waals surface area contributed by atoms with Gasteiger partial charge in [0.1, 0.15) is 12.4 Å².